The van der Waals surface area contributed by atoms with Crippen molar-refractivity contribution < 1.29 is 18.3 Å². The first-order chi connectivity index (χ1) is 14.6. The van der Waals surface area contributed by atoms with Crippen LogP contribution in [-0.2, 0) is 4.43 Å². The molecule has 2 aromatic rings. The second-order valence-corrected chi connectivity index (χ2v) is 15.1. The Bertz CT molecular complexity index is 881. The highest BCUT2D eigenvalue weighted by Gasteiger charge is 2.48. The lowest BCUT2D eigenvalue weighted by molar-refractivity contribution is 0.135. The highest BCUT2D eigenvalue weighted by Crippen LogP contribution is 2.49. The van der Waals surface area contributed by atoms with E-state index in [0.29, 0.717) is 35.0 Å². The average Bonchev–Trinajstić information content (AvgIpc) is 2.84. The zero-order chi connectivity index (χ0) is 22.9. The number of aliphatic hydroxyl groups is 1. The molecule has 1 aliphatic rings. The fourth-order valence-electron chi connectivity index (χ4n) is 5.69. The molecule has 0 saturated carbocycles. The van der Waals surface area contributed by atoms with Gasteiger partial charge >= 0.3 is 0 Å². The molecule has 3 rings (SSSR count). The molecule has 3 nitrogen and oxygen atoms in total. The van der Waals surface area contributed by atoms with Gasteiger partial charge < -0.3 is 9.53 Å². The summed E-state index contributed by atoms with van der Waals surface area (Å²) in [6, 6.07) is 7.79. The zero-order valence-electron chi connectivity index (χ0n) is 19.4. The van der Waals surface area contributed by atoms with Crippen LogP contribution in [0.2, 0.25) is 16.6 Å². The molecule has 1 heterocycles. The topological polar surface area (TPSA) is 42.4 Å². The minimum atomic E-state index is -2.20. The molecule has 0 bridgehead atoms. The normalized spacial score (nSPS) is 22.1. The number of hydrogen-bond donors (Lipinski definition) is 1. The lowest BCUT2D eigenvalue weighted by Gasteiger charge is -2.44. The largest absolute Gasteiger partial charge is 0.408 e. The maximum Gasteiger partial charge on any atom is 0.201 e. The molecule has 1 aromatic carbocycles. The molecule has 0 unspecified atom stereocenters. The second-order valence-electron chi connectivity index (χ2n) is 9.67. The van der Waals surface area contributed by atoms with Gasteiger partial charge in [-0.05, 0) is 47.2 Å². The van der Waals surface area contributed by atoms with Crippen LogP contribution in [0.15, 0.2) is 36.5 Å². The van der Waals surface area contributed by atoms with Crippen LogP contribution in [0.5, 0.6) is 0 Å². The monoisotopic (exact) mass is 447 g/mol. The molecule has 1 aromatic heterocycles. The van der Waals surface area contributed by atoms with Crippen LogP contribution >= 0.6 is 0 Å². The molecule has 3 atom stereocenters. The Morgan fingerprint density at radius 1 is 0.935 bits per heavy atom. The van der Waals surface area contributed by atoms with Gasteiger partial charge in [0.15, 0.2) is 11.6 Å². The molecule has 0 fully saturated rings. The van der Waals surface area contributed by atoms with Crippen LogP contribution in [0.4, 0.5) is 8.78 Å². The van der Waals surface area contributed by atoms with E-state index in [2.05, 4.69) is 46.5 Å². The van der Waals surface area contributed by atoms with Gasteiger partial charge in [-0.1, -0.05) is 59.7 Å². The predicted octanol–water partition coefficient (Wildman–Crippen LogP) is 7.20. The molecule has 0 saturated heterocycles. The van der Waals surface area contributed by atoms with Gasteiger partial charge in [-0.15, -0.1) is 0 Å². The van der Waals surface area contributed by atoms with Gasteiger partial charge in [0.2, 0.25) is 8.32 Å². The van der Waals surface area contributed by atoms with E-state index in [1.165, 1.54) is 6.07 Å². The molecule has 31 heavy (non-hydrogen) atoms. The van der Waals surface area contributed by atoms with Crippen molar-refractivity contribution in [2.75, 3.05) is 0 Å². The SMILES string of the molecule is CC(C)[Si](O[C@@H]1CC[C@@H](c2cccc(F)c2F)[C@H](O)c2cccnc21)(C(C)C)C(C)C. The summed E-state index contributed by atoms with van der Waals surface area (Å²) < 4.78 is 35.6. The Hall–Kier alpha value is -1.63. The van der Waals surface area contributed by atoms with Gasteiger partial charge in [-0.2, -0.15) is 0 Å². The lowest BCUT2D eigenvalue weighted by Crippen LogP contribution is -2.48. The van der Waals surface area contributed by atoms with Crippen molar-refractivity contribution in [2.45, 2.75) is 89.1 Å². The lowest BCUT2D eigenvalue weighted by atomic mass is 9.87. The summed E-state index contributed by atoms with van der Waals surface area (Å²) in [6.07, 6.45) is 1.56. The summed E-state index contributed by atoms with van der Waals surface area (Å²) >= 11 is 0. The molecule has 0 amide bonds. The van der Waals surface area contributed by atoms with Crippen molar-refractivity contribution in [3.63, 3.8) is 0 Å². The van der Waals surface area contributed by atoms with Gasteiger partial charge in [0, 0.05) is 17.7 Å². The highest BCUT2D eigenvalue weighted by atomic mass is 28.4. The summed E-state index contributed by atoms with van der Waals surface area (Å²) in [7, 11) is -2.20. The van der Waals surface area contributed by atoms with Crippen molar-refractivity contribution in [1.82, 2.24) is 4.98 Å². The summed E-state index contributed by atoms with van der Waals surface area (Å²) in [6.45, 7) is 13.4. The van der Waals surface area contributed by atoms with Gasteiger partial charge in [0.25, 0.3) is 0 Å². The Morgan fingerprint density at radius 3 is 2.16 bits per heavy atom. The smallest absolute Gasteiger partial charge is 0.201 e. The molecule has 0 radical (unpaired) electrons. The van der Waals surface area contributed by atoms with Crippen LogP contribution in [0.3, 0.4) is 0 Å². The highest BCUT2D eigenvalue weighted by molar-refractivity contribution is 6.77. The average molecular weight is 448 g/mol. The Kier molecular flexibility index (Phi) is 7.34. The Morgan fingerprint density at radius 2 is 1.55 bits per heavy atom. The third-order valence-corrected chi connectivity index (χ3v) is 13.2. The summed E-state index contributed by atoms with van der Waals surface area (Å²) in [5.74, 6) is -2.33. The van der Waals surface area contributed by atoms with Crippen LogP contribution in [0.25, 0.3) is 0 Å². The molecule has 6 heteroatoms. The Balaban J connectivity index is 2.06. The number of fused-ring (bicyclic) bond motifs is 1. The van der Waals surface area contributed by atoms with E-state index >= 15 is 0 Å². The van der Waals surface area contributed by atoms with Crippen LogP contribution < -0.4 is 0 Å². The summed E-state index contributed by atoms with van der Waals surface area (Å²) in [5, 5.41) is 11.2. The van der Waals surface area contributed by atoms with Gasteiger partial charge in [-0.3, -0.25) is 4.98 Å². The van der Waals surface area contributed by atoms with Crippen LogP contribution in [-0.4, -0.2) is 18.4 Å². The van der Waals surface area contributed by atoms with Crippen LogP contribution in [0.1, 0.15) is 89.3 Å². The first-order valence-corrected chi connectivity index (χ1v) is 13.5. The van der Waals surface area contributed by atoms with E-state index in [9.17, 15) is 13.9 Å². The number of aromatic nitrogens is 1. The number of rotatable bonds is 6. The van der Waals surface area contributed by atoms with E-state index in [4.69, 9.17) is 4.43 Å². The molecule has 1 N–H and O–H groups in total. The fourth-order valence-corrected chi connectivity index (χ4v) is 11.2. The molecule has 1 aliphatic carbocycles. The number of pyridine rings is 1. The number of aliphatic hydroxyl groups excluding tert-OH is 1. The third-order valence-electron chi connectivity index (χ3n) is 7.05. The number of hydrogen-bond acceptors (Lipinski definition) is 3. The standard InChI is InChI=1S/C25H35F2NO2Si/c1-15(2)31(16(3)4,17(5)6)30-22-13-12-19(18-9-7-11-21(26)23(18)27)25(29)20-10-8-14-28-24(20)22/h7-11,14-17,19,22,25,29H,12-13H2,1-6H3/t19-,22+,25-/m0/s1. The van der Waals surface area contributed by atoms with Crippen LogP contribution in [0, 0.1) is 11.6 Å². The van der Waals surface area contributed by atoms with Gasteiger partial charge in [-0.25, -0.2) is 8.78 Å². The summed E-state index contributed by atoms with van der Waals surface area (Å²) in [4.78, 5) is 4.61. The Labute approximate surface area is 186 Å². The van der Waals surface area contributed by atoms with E-state index in [-0.39, 0.29) is 11.7 Å². The zero-order valence-corrected chi connectivity index (χ0v) is 20.4. The molecular weight excluding hydrogens is 412 g/mol. The number of benzene rings is 1. The summed E-state index contributed by atoms with van der Waals surface area (Å²) in [5.41, 5.74) is 2.81. The van der Waals surface area contributed by atoms with Gasteiger partial charge in [0.1, 0.15) is 0 Å². The molecule has 0 aliphatic heterocycles. The minimum absolute atomic E-state index is 0.211. The van der Waals surface area contributed by atoms with Crippen molar-refractivity contribution in [3.8, 4) is 0 Å². The van der Waals surface area contributed by atoms with Crippen molar-refractivity contribution in [2.24, 2.45) is 0 Å². The minimum Gasteiger partial charge on any atom is -0.408 e. The van der Waals surface area contributed by atoms with E-state index in [0.717, 1.165) is 11.8 Å². The van der Waals surface area contributed by atoms with E-state index < -0.39 is 32.0 Å². The number of nitrogens with zero attached hydrogens (tertiary/aromatic N) is 1. The first kappa shape index (κ1) is 24.0. The maximum atomic E-state index is 14.6. The third kappa shape index (κ3) is 4.35. The van der Waals surface area contributed by atoms with Crippen molar-refractivity contribution in [1.29, 1.82) is 0 Å². The second kappa shape index (κ2) is 9.47. The quantitative estimate of drug-likeness (QED) is 0.376. The first-order valence-electron chi connectivity index (χ1n) is 11.4. The van der Waals surface area contributed by atoms with Gasteiger partial charge in [0.05, 0.1) is 17.9 Å². The maximum absolute atomic E-state index is 14.6. The molecule has 170 valence electrons. The molecule has 0 spiro atoms. The van der Waals surface area contributed by atoms with Crippen molar-refractivity contribution in [3.05, 3.63) is 65.0 Å². The predicted molar refractivity (Wildman–Crippen MR) is 122 cm³/mol. The van der Waals surface area contributed by atoms with E-state index in [1.807, 2.05) is 6.07 Å². The van der Waals surface area contributed by atoms with Crippen molar-refractivity contribution >= 4 is 8.32 Å². The molecular formula is C25H35F2NO2Si. The van der Waals surface area contributed by atoms with E-state index in [1.54, 1.807) is 18.3 Å². The number of halogens is 2. The fraction of sp³-hybridized carbons (Fsp3) is 0.560.